The standard InChI is InChI=1S/C14H11N3O2/c1-19-12-7-6-10-13(15-8-16-14(10)17-12)9-4-2-3-5-11(9)18/h2-8,18H,1H3. The first-order valence-electron chi connectivity index (χ1n) is 5.73. The van der Waals surface area contributed by atoms with Crippen molar-refractivity contribution in [1.82, 2.24) is 15.0 Å². The highest BCUT2D eigenvalue weighted by molar-refractivity contribution is 5.91. The van der Waals surface area contributed by atoms with Gasteiger partial charge in [0.25, 0.3) is 0 Å². The summed E-state index contributed by atoms with van der Waals surface area (Å²) in [6.45, 7) is 0. The zero-order valence-electron chi connectivity index (χ0n) is 10.2. The summed E-state index contributed by atoms with van der Waals surface area (Å²) in [5, 5.41) is 10.7. The molecule has 3 aromatic rings. The van der Waals surface area contributed by atoms with E-state index in [2.05, 4.69) is 15.0 Å². The average molecular weight is 253 g/mol. The van der Waals surface area contributed by atoms with E-state index in [0.29, 0.717) is 22.8 Å². The molecule has 2 heterocycles. The molecule has 0 spiro atoms. The van der Waals surface area contributed by atoms with Crippen LogP contribution in [0.3, 0.4) is 0 Å². The molecule has 5 nitrogen and oxygen atoms in total. The van der Waals surface area contributed by atoms with Crippen molar-refractivity contribution >= 4 is 11.0 Å². The van der Waals surface area contributed by atoms with Crippen LogP contribution in [-0.4, -0.2) is 27.2 Å². The van der Waals surface area contributed by atoms with Crippen LogP contribution in [0.25, 0.3) is 22.3 Å². The van der Waals surface area contributed by atoms with E-state index in [-0.39, 0.29) is 5.75 Å². The van der Waals surface area contributed by atoms with Crippen molar-refractivity contribution in [2.24, 2.45) is 0 Å². The van der Waals surface area contributed by atoms with Crippen LogP contribution < -0.4 is 4.74 Å². The number of phenols is 1. The molecule has 94 valence electrons. The summed E-state index contributed by atoms with van der Waals surface area (Å²) in [7, 11) is 1.55. The number of phenolic OH excluding ortho intramolecular Hbond substituents is 1. The fraction of sp³-hybridized carbons (Fsp3) is 0.0714. The number of hydrogen-bond donors (Lipinski definition) is 1. The lowest BCUT2D eigenvalue weighted by molar-refractivity contribution is 0.399. The topological polar surface area (TPSA) is 68.1 Å². The molecule has 0 saturated heterocycles. The summed E-state index contributed by atoms with van der Waals surface area (Å²) in [6, 6.07) is 10.6. The molecule has 0 aliphatic carbocycles. The van der Waals surface area contributed by atoms with Gasteiger partial charge in [-0.3, -0.25) is 0 Å². The minimum Gasteiger partial charge on any atom is -0.507 e. The number of aromatic nitrogens is 3. The van der Waals surface area contributed by atoms with Gasteiger partial charge >= 0.3 is 0 Å². The van der Waals surface area contributed by atoms with Gasteiger partial charge in [0.2, 0.25) is 5.88 Å². The van der Waals surface area contributed by atoms with E-state index in [0.717, 1.165) is 5.39 Å². The highest BCUT2D eigenvalue weighted by atomic mass is 16.5. The first-order valence-corrected chi connectivity index (χ1v) is 5.73. The lowest BCUT2D eigenvalue weighted by Crippen LogP contribution is -1.94. The lowest BCUT2D eigenvalue weighted by atomic mass is 10.1. The van der Waals surface area contributed by atoms with Crippen molar-refractivity contribution < 1.29 is 9.84 Å². The van der Waals surface area contributed by atoms with Crippen molar-refractivity contribution in [3.05, 3.63) is 42.7 Å². The molecule has 0 saturated carbocycles. The maximum atomic E-state index is 9.92. The third-order valence-electron chi connectivity index (χ3n) is 2.84. The molecule has 0 atom stereocenters. The van der Waals surface area contributed by atoms with E-state index < -0.39 is 0 Å². The van der Waals surface area contributed by atoms with Crippen molar-refractivity contribution in [1.29, 1.82) is 0 Å². The van der Waals surface area contributed by atoms with E-state index in [4.69, 9.17) is 4.74 Å². The van der Waals surface area contributed by atoms with Gasteiger partial charge in [-0.2, -0.15) is 4.98 Å². The Morgan fingerprint density at radius 2 is 1.89 bits per heavy atom. The van der Waals surface area contributed by atoms with Gasteiger partial charge in [-0.25, -0.2) is 9.97 Å². The summed E-state index contributed by atoms with van der Waals surface area (Å²) in [5.74, 6) is 0.674. The molecule has 0 radical (unpaired) electrons. The second kappa shape index (κ2) is 4.53. The third kappa shape index (κ3) is 1.95. The average Bonchev–Trinajstić information content (AvgIpc) is 2.46. The van der Waals surface area contributed by atoms with E-state index in [1.807, 2.05) is 12.1 Å². The number of aromatic hydroxyl groups is 1. The Balaban J connectivity index is 2.28. The SMILES string of the molecule is COc1ccc2c(-c3ccccc3O)ncnc2n1. The van der Waals surface area contributed by atoms with E-state index >= 15 is 0 Å². The van der Waals surface area contributed by atoms with E-state index in [1.165, 1.54) is 6.33 Å². The molecule has 0 aliphatic rings. The Labute approximate surface area is 109 Å². The summed E-state index contributed by atoms with van der Waals surface area (Å²) in [6.07, 6.45) is 1.43. The van der Waals surface area contributed by atoms with Gasteiger partial charge in [-0.15, -0.1) is 0 Å². The molecule has 2 aromatic heterocycles. The van der Waals surface area contributed by atoms with Crippen molar-refractivity contribution in [2.45, 2.75) is 0 Å². The molecule has 0 fully saturated rings. The molecule has 0 bridgehead atoms. The van der Waals surface area contributed by atoms with Gasteiger partial charge < -0.3 is 9.84 Å². The molecule has 1 aromatic carbocycles. The molecule has 5 heteroatoms. The van der Waals surface area contributed by atoms with Gasteiger partial charge in [0.15, 0.2) is 5.65 Å². The minimum atomic E-state index is 0.179. The number of ether oxygens (including phenoxy) is 1. The van der Waals surface area contributed by atoms with Crippen LogP contribution in [0, 0.1) is 0 Å². The quantitative estimate of drug-likeness (QED) is 0.759. The van der Waals surface area contributed by atoms with E-state index in [9.17, 15) is 5.11 Å². The molecule has 19 heavy (non-hydrogen) atoms. The number of para-hydroxylation sites is 1. The predicted molar refractivity (Wildman–Crippen MR) is 71.0 cm³/mol. The Bertz CT molecular complexity index is 744. The van der Waals surface area contributed by atoms with Crippen LogP contribution in [0.2, 0.25) is 0 Å². The highest BCUT2D eigenvalue weighted by Crippen LogP contribution is 2.31. The number of pyridine rings is 1. The van der Waals surface area contributed by atoms with Crippen LogP contribution in [0.5, 0.6) is 11.6 Å². The van der Waals surface area contributed by atoms with Crippen LogP contribution in [0.15, 0.2) is 42.7 Å². The number of methoxy groups -OCH3 is 1. The van der Waals surface area contributed by atoms with Gasteiger partial charge in [0.1, 0.15) is 12.1 Å². The Kier molecular flexibility index (Phi) is 2.72. The van der Waals surface area contributed by atoms with Crippen molar-refractivity contribution in [2.75, 3.05) is 7.11 Å². The monoisotopic (exact) mass is 253 g/mol. The summed E-state index contributed by atoms with van der Waals surface area (Å²) < 4.78 is 5.07. The zero-order valence-corrected chi connectivity index (χ0v) is 10.2. The molecule has 0 aliphatic heterocycles. The fourth-order valence-electron chi connectivity index (χ4n) is 1.93. The Morgan fingerprint density at radius 1 is 1.05 bits per heavy atom. The first kappa shape index (κ1) is 11.4. The van der Waals surface area contributed by atoms with Crippen LogP contribution >= 0.6 is 0 Å². The fourth-order valence-corrected chi connectivity index (χ4v) is 1.93. The van der Waals surface area contributed by atoms with Crippen molar-refractivity contribution in [3.63, 3.8) is 0 Å². The second-order valence-corrected chi connectivity index (χ2v) is 3.96. The lowest BCUT2D eigenvalue weighted by Gasteiger charge is -2.07. The number of rotatable bonds is 2. The van der Waals surface area contributed by atoms with Crippen LogP contribution in [-0.2, 0) is 0 Å². The molecule has 1 N–H and O–H groups in total. The smallest absolute Gasteiger partial charge is 0.215 e. The van der Waals surface area contributed by atoms with Gasteiger partial charge in [-0.1, -0.05) is 12.1 Å². The maximum absolute atomic E-state index is 9.92. The van der Waals surface area contributed by atoms with Gasteiger partial charge in [-0.05, 0) is 18.2 Å². The van der Waals surface area contributed by atoms with E-state index in [1.54, 1.807) is 31.4 Å². The maximum Gasteiger partial charge on any atom is 0.215 e. The second-order valence-electron chi connectivity index (χ2n) is 3.96. The summed E-state index contributed by atoms with van der Waals surface area (Å²) in [4.78, 5) is 12.6. The first-order chi connectivity index (χ1) is 9.29. The third-order valence-corrected chi connectivity index (χ3v) is 2.84. The summed E-state index contributed by atoms with van der Waals surface area (Å²) >= 11 is 0. The van der Waals surface area contributed by atoms with Gasteiger partial charge in [0, 0.05) is 17.0 Å². The van der Waals surface area contributed by atoms with Crippen molar-refractivity contribution in [3.8, 4) is 22.9 Å². The zero-order chi connectivity index (χ0) is 13.2. The number of benzene rings is 1. The number of fused-ring (bicyclic) bond motifs is 1. The van der Waals surface area contributed by atoms with Crippen LogP contribution in [0.1, 0.15) is 0 Å². The molecule has 0 amide bonds. The Hall–Kier alpha value is -2.69. The highest BCUT2D eigenvalue weighted by Gasteiger charge is 2.11. The largest absolute Gasteiger partial charge is 0.507 e. The number of nitrogens with zero attached hydrogens (tertiary/aromatic N) is 3. The van der Waals surface area contributed by atoms with Crippen LogP contribution in [0.4, 0.5) is 0 Å². The minimum absolute atomic E-state index is 0.179. The Morgan fingerprint density at radius 3 is 2.68 bits per heavy atom. The van der Waals surface area contributed by atoms with Gasteiger partial charge in [0.05, 0.1) is 12.8 Å². The normalized spacial score (nSPS) is 10.6. The molecule has 0 unspecified atom stereocenters. The predicted octanol–water partition coefficient (Wildman–Crippen LogP) is 2.41. The number of hydrogen-bond acceptors (Lipinski definition) is 5. The molecule has 3 rings (SSSR count). The molecular weight excluding hydrogens is 242 g/mol. The summed E-state index contributed by atoms with van der Waals surface area (Å²) in [5.41, 5.74) is 1.84. The molecular formula is C14H11N3O2.